The summed E-state index contributed by atoms with van der Waals surface area (Å²) in [5.41, 5.74) is 2.37. The monoisotopic (exact) mass is 465 g/mol. The highest BCUT2D eigenvalue weighted by Crippen LogP contribution is 2.29. The first kappa shape index (κ1) is 22.3. The first-order valence-electron chi connectivity index (χ1n) is 10.2. The van der Waals surface area contributed by atoms with Gasteiger partial charge in [-0.3, -0.25) is 14.2 Å². The van der Waals surface area contributed by atoms with Crippen molar-refractivity contribution < 1.29 is 14.3 Å². The van der Waals surface area contributed by atoms with Crippen LogP contribution in [0.15, 0.2) is 57.4 Å². The molecule has 0 aliphatic rings. The molecule has 9 heteroatoms. The van der Waals surface area contributed by atoms with E-state index in [4.69, 9.17) is 9.47 Å². The first-order valence-corrected chi connectivity index (χ1v) is 11.0. The highest BCUT2D eigenvalue weighted by atomic mass is 32.1. The summed E-state index contributed by atoms with van der Waals surface area (Å²) in [6.45, 7) is 3.61. The zero-order valence-electron chi connectivity index (χ0n) is 18.7. The Bertz CT molecular complexity index is 1480. The zero-order valence-corrected chi connectivity index (χ0v) is 19.5. The minimum absolute atomic E-state index is 0.271. The number of benzene rings is 2. The van der Waals surface area contributed by atoms with Crippen LogP contribution in [0.1, 0.15) is 11.1 Å². The molecule has 33 heavy (non-hydrogen) atoms. The molecular weight excluding hydrogens is 442 g/mol. The summed E-state index contributed by atoms with van der Waals surface area (Å²) >= 11 is 1.24. The molecule has 0 atom stereocenters. The van der Waals surface area contributed by atoms with E-state index in [9.17, 15) is 14.4 Å². The minimum atomic E-state index is -0.578. The van der Waals surface area contributed by atoms with Gasteiger partial charge in [-0.05, 0) is 60.7 Å². The molecule has 4 aromatic rings. The average molecular weight is 466 g/mol. The highest BCUT2D eigenvalue weighted by Gasteiger charge is 2.18. The number of methoxy groups -OCH3 is 2. The van der Waals surface area contributed by atoms with E-state index >= 15 is 0 Å². The highest BCUT2D eigenvalue weighted by molar-refractivity contribution is 7.17. The van der Waals surface area contributed by atoms with Crippen molar-refractivity contribution in [3.8, 4) is 17.2 Å². The van der Waals surface area contributed by atoms with Crippen molar-refractivity contribution >= 4 is 33.1 Å². The lowest BCUT2D eigenvalue weighted by Crippen LogP contribution is -2.40. The molecule has 0 fully saturated rings. The van der Waals surface area contributed by atoms with Crippen molar-refractivity contribution in [3.05, 3.63) is 79.8 Å². The lowest BCUT2D eigenvalue weighted by Gasteiger charge is -2.14. The number of carbonyl (C=O) groups excluding carboxylic acids is 1. The Morgan fingerprint density at radius 3 is 2.48 bits per heavy atom. The summed E-state index contributed by atoms with van der Waals surface area (Å²) in [6, 6.07) is 12.1. The van der Waals surface area contributed by atoms with E-state index in [0.717, 1.165) is 15.7 Å². The van der Waals surface area contributed by atoms with Crippen LogP contribution in [0.5, 0.6) is 11.5 Å². The third-order valence-corrected chi connectivity index (χ3v) is 6.38. The van der Waals surface area contributed by atoms with Gasteiger partial charge in [0.1, 0.15) is 22.7 Å². The number of nitrogens with one attached hydrogen (secondary N) is 1. The summed E-state index contributed by atoms with van der Waals surface area (Å²) in [5, 5.41) is 4.51. The molecule has 0 saturated heterocycles. The number of rotatable bonds is 6. The molecule has 0 aliphatic heterocycles. The van der Waals surface area contributed by atoms with Crippen LogP contribution in [0.3, 0.4) is 0 Å². The van der Waals surface area contributed by atoms with Gasteiger partial charge in [0, 0.05) is 6.07 Å². The van der Waals surface area contributed by atoms with Crippen LogP contribution in [-0.4, -0.2) is 29.3 Å². The quantitative estimate of drug-likeness (QED) is 0.471. The third-order valence-electron chi connectivity index (χ3n) is 5.49. The van der Waals surface area contributed by atoms with Crippen LogP contribution in [0.2, 0.25) is 0 Å². The van der Waals surface area contributed by atoms with Gasteiger partial charge in [-0.1, -0.05) is 6.07 Å². The normalized spacial score (nSPS) is 10.9. The van der Waals surface area contributed by atoms with Crippen molar-refractivity contribution in [2.75, 3.05) is 19.5 Å². The number of ether oxygens (including phenoxy) is 2. The van der Waals surface area contributed by atoms with Crippen molar-refractivity contribution in [1.82, 2.24) is 9.13 Å². The molecule has 0 radical (unpaired) electrons. The van der Waals surface area contributed by atoms with Gasteiger partial charge in [0.25, 0.3) is 5.56 Å². The maximum Gasteiger partial charge on any atom is 0.336 e. The summed E-state index contributed by atoms with van der Waals surface area (Å²) in [4.78, 5) is 39.4. The topological polar surface area (TPSA) is 91.6 Å². The molecule has 8 nitrogen and oxygen atoms in total. The van der Waals surface area contributed by atoms with Crippen molar-refractivity contribution in [1.29, 1.82) is 0 Å². The predicted octanol–water partition coefficient (Wildman–Crippen LogP) is 3.49. The summed E-state index contributed by atoms with van der Waals surface area (Å²) in [6.07, 6.45) is 0. The fourth-order valence-electron chi connectivity index (χ4n) is 3.57. The molecule has 4 rings (SSSR count). The molecule has 1 amide bonds. The van der Waals surface area contributed by atoms with Gasteiger partial charge in [0.15, 0.2) is 0 Å². The van der Waals surface area contributed by atoms with Crippen LogP contribution in [0.25, 0.3) is 15.9 Å². The SMILES string of the molecule is COc1ccc(NC(=O)Cn2c(=O)n(-c3ccc(C)c(C)c3)c(=O)c3sccc32)c(OC)c1. The number of aryl methyl sites for hydroxylation is 2. The van der Waals surface area contributed by atoms with Crippen LogP contribution < -0.4 is 26.0 Å². The Kier molecular flexibility index (Phi) is 6.06. The molecule has 0 saturated carbocycles. The van der Waals surface area contributed by atoms with Crippen LogP contribution in [0, 0.1) is 13.8 Å². The Labute approximate surface area is 193 Å². The number of anilines is 1. The van der Waals surface area contributed by atoms with E-state index in [1.807, 2.05) is 19.9 Å². The van der Waals surface area contributed by atoms with Crippen LogP contribution >= 0.6 is 11.3 Å². The molecule has 2 aromatic heterocycles. The number of amides is 1. The van der Waals surface area contributed by atoms with Crippen LogP contribution in [0.4, 0.5) is 5.69 Å². The molecule has 2 heterocycles. The lowest BCUT2D eigenvalue weighted by molar-refractivity contribution is -0.116. The van der Waals surface area contributed by atoms with E-state index in [-0.39, 0.29) is 6.54 Å². The minimum Gasteiger partial charge on any atom is -0.497 e. The number of nitrogens with zero attached hydrogens (tertiary/aromatic N) is 2. The molecule has 0 bridgehead atoms. The molecule has 0 aliphatic carbocycles. The Balaban J connectivity index is 1.76. The molecule has 0 spiro atoms. The van der Waals surface area contributed by atoms with E-state index in [1.165, 1.54) is 30.1 Å². The maximum atomic E-state index is 13.4. The molecule has 2 aromatic carbocycles. The smallest absolute Gasteiger partial charge is 0.336 e. The zero-order chi connectivity index (χ0) is 23.7. The lowest BCUT2D eigenvalue weighted by atomic mass is 10.1. The predicted molar refractivity (Wildman–Crippen MR) is 129 cm³/mol. The number of thiophene rings is 1. The number of hydrogen-bond donors (Lipinski definition) is 1. The van der Waals surface area contributed by atoms with Gasteiger partial charge in [0.2, 0.25) is 5.91 Å². The second-order valence-corrected chi connectivity index (χ2v) is 8.44. The molecule has 170 valence electrons. The van der Waals surface area contributed by atoms with Crippen LogP contribution in [-0.2, 0) is 11.3 Å². The second kappa shape index (κ2) is 8.95. The van der Waals surface area contributed by atoms with Gasteiger partial charge >= 0.3 is 5.69 Å². The van der Waals surface area contributed by atoms with Crippen molar-refractivity contribution in [3.63, 3.8) is 0 Å². The molecule has 1 N–H and O–H groups in total. The van der Waals surface area contributed by atoms with E-state index in [0.29, 0.717) is 33.1 Å². The molecular formula is C24H23N3O5S. The van der Waals surface area contributed by atoms with Gasteiger partial charge < -0.3 is 14.8 Å². The van der Waals surface area contributed by atoms with Gasteiger partial charge in [-0.25, -0.2) is 9.36 Å². The Morgan fingerprint density at radius 2 is 1.79 bits per heavy atom. The summed E-state index contributed by atoms with van der Waals surface area (Å²) < 4.78 is 13.3. The molecule has 0 unspecified atom stereocenters. The number of fused-ring (bicyclic) bond motifs is 1. The van der Waals surface area contributed by atoms with Crippen molar-refractivity contribution in [2.45, 2.75) is 20.4 Å². The summed E-state index contributed by atoms with van der Waals surface area (Å²) in [5.74, 6) is 0.579. The van der Waals surface area contributed by atoms with Gasteiger partial charge in [-0.15, -0.1) is 11.3 Å². The third kappa shape index (κ3) is 4.14. The number of carbonyl (C=O) groups is 1. The maximum absolute atomic E-state index is 13.4. The largest absolute Gasteiger partial charge is 0.497 e. The van der Waals surface area contributed by atoms with Gasteiger partial charge in [-0.2, -0.15) is 0 Å². The summed E-state index contributed by atoms with van der Waals surface area (Å²) in [7, 11) is 3.03. The fraction of sp³-hybridized carbons (Fsp3) is 0.208. The average Bonchev–Trinajstić information content (AvgIpc) is 3.29. The first-order chi connectivity index (χ1) is 15.8. The van der Waals surface area contributed by atoms with Gasteiger partial charge in [0.05, 0.1) is 31.1 Å². The van der Waals surface area contributed by atoms with Crippen molar-refractivity contribution in [2.24, 2.45) is 0 Å². The second-order valence-electron chi connectivity index (χ2n) is 7.53. The fourth-order valence-corrected chi connectivity index (χ4v) is 4.39. The number of hydrogen-bond acceptors (Lipinski definition) is 6. The standard InChI is InChI=1S/C24H23N3O5S/c1-14-5-6-16(11-15(14)2)27-23(29)22-19(9-10-33-22)26(24(27)30)13-21(28)25-18-8-7-17(31-3)12-20(18)32-4/h5-12H,13H2,1-4H3,(H,25,28). The van der Waals surface area contributed by atoms with E-state index < -0.39 is 17.2 Å². The Morgan fingerprint density at radius 1 is 1.00 bits per heavy atom. The van der Waals surface area contributed by atoms with E-state index in [2.05, 4.69) is 5.32 Å². The van der Waals surface area contributed by atoms with E-state index in [1.54, 1.807) is 41.8 Å². The number of aromatic nitrogens is 2. The Hall–Kier alpha value is -3.85.